The molecule has 1 unspecified atom stereocenters. The minimum absolute atomic E-state index is 0.484. The molecule has 0 radical (unpaired) electrons. The van der Waals surface area contributed by atoms with Gasteiger partial charge in [-0.1, -0.05) is 30.3 Å². The van der Waals surface area contributed by atoms with E-state index in [0.29, 0.717) is 12.5 Å². The van der Waals surface area contributed by atoms with E-state index in [-0.39, 0.29) is 0 Å². The van der Waals surface area contributed by atoms with Crippen LogP contribution in [0.3, 0.4) is 0 Å². The van der Waals surface area contributed by atoms with Crippen LogP contribution in [0, 0.1) is 0 Å². The van der Waals surface area contributed by atoms with Gasteiger partial charge >= 0.3 is 0 Å². The first kappa shape index (κ1) is 12.5. The van der Waals surface area contributed by atoms with E-state index in [1.54, 1.807) is 6.26 Å². The number of hydrogen-bond acceptors (Lipinski definition) is 3. The van der Waals surface area contributed by atoms with Crippen LogP contribution in [0.25, 0.3) is 0 Å². The number of nitrogens with zero attached hydrogens (tertiary/aromatic N) is 1. The Bertz CT molecular complexity index is 521. The summed E-state index contributed by atoms with van der Waals surface area (Å²) < 4.78 is 5.38. The molecule has 3 rings (SSSR count). The predicted molar refractivity (Wildman–Crippen MR) is 75.7 cm³/mol. The maximum atomic E-state index is 5.68. The Morgan fingerprint density at radius 2 is 2.05 bits per heavy atom. The third-order valence-corrected chi connectivity index (χ3v) is 3.96. The van der Waals surface area contributed by atoms with Crippen molar-refractivity contribution in [2.75, 3.05) is 13.1 Å². The number of furan rings is 1. The summed E-state index contributed by atoms with van der Waals surface area (Å²) in [6.45, 7) is 3.71. The molecular weight excluding hydrogens is 236 g/mol. The van der Waals surface area contributed by atoms with Crippen molar-refractivity contribution >= 4 is 0 Å². The van der Waals surface area contributed by atoms with Gasteiger partial charge in [-0.3, -0.25) is 4.90 Å². The SMILES string of the molecule is NCc1occc1CN1CCC(c2ccccc2)C1. The van der Waals surface area contributed by atoms with E-state index in [1.807, 2.05) is 6.07 Å². The molecule has 1 aromatic heterocycles. The van der Waals surface area contributed by atoms with Gasteiger partial charge in [-0.05, 0) is 30.5 Å². The highest BCUT2D eigenvalue weighted by Gasteiger charge is 2.24. The van der Waals surface area contributed by atoms with E-state index in [0.717, 1.165) is 25.4 Å². The molecule has 1 aliphatic heterocycles. The van der Waals surface area contributed by atoms with Crippen LogP contribution in [0.5, 0.6) is 0 Å². The summed E-state index contributed by atoms with van der Waals surface area (Å²) >= 11 is 0. The summed E-state index contributed by atoms with van der Waals surface area (Å²) in [6.07, 6.45) is 2.97. The molecule has 19 heavy (non-hydrogen) atoms. The van der Waals surface area contributed by atoms with Crippen molar-refractivity contribution in [3.63, 3.8) is 0 Å². The lowest BCUT2D eigenvalue weighted by Gasteiger charge is -2.16. The van der Waals surface area contributed by atoms with Crippen LogP contribution in [0.2, 0.25) is 0 Å². The van der Waals surface area contributed by atoms with Crippen LogP contribution in [-0.2, 0) is 13.1 Å². The summed E-state index contributed by atoms with van der Waals surface area (Å²) in [5.41, 5.74) is 8.36. The van der Waals surface area contributed by atoms with Gasteiger partial charge in [-0.25, -0.2) is 0 Å². The highest BCUT2D eigenvalue weighted by molar-refractivity contribution is 5.22. The van der Waals surface area contributed by atoms with Gasteiger partial charge < -0.3 is 10.2 Å². The molecule has 1 aliphatic rings. The van der Waals surface area contributed by atoms with Crippen molar-refractivity contribution < 1.29 is 4.42 Å². The Labute approximate surface area is 114 Å². The van der Waals surface area contributed by atoms with Gasteiger partial charge in [0.2, 0.25) is 0 Å². The molecule has 0 spiro atoms. The van der Waals surface area contributed by atoms with Crippen molar-refractivity contribution in [3.8, 4) is 0 Å². The van der Waals surface area contributed by atoms with Crippen molar-refractivity contribution in [2.24, 2.45) is 5.73 Å². The number of nitrogens with two attached hydrogens (primary N) is 1. The molecule has 1 atom stereocenters. The third-order valence-electron chi connectivity index (χ3n) is 3.96. The lowest BCUT2D eigenvalue weighted by molar-refractivity contribution is 0.323. The zero-order valence-corrected chi connectivity index (χ0v) is 11.1. The quantitative estimate of drug-likeness (QED) is 0.914. The fourth-order valence-corrected chi connectivity index (χ4v) is 2.90. The maximum Gasteiger partial charge on any atom is 0.121 e. The second kappa shape index (κ2) is 5.59. The van der Waals surface area contributed by atoms with E-state index >= 15 is 0 Å². The molecule has 0 bridgehead atoms. The summed E-state index contributed by atoms with van der Waals surface area (Å²) in [7, 11) is 0. The van der Waals surface area contributed by atoms with Gasteiger partial charge in [0.25, 0.3) is 0 Å². The first-order chi connectivity index (χ1) is 9.36. The van der Waals surface area contributed by atoms with Crippen molar-refractivity contribution in [2.45, 2.75) is 25.4 Å². The van der Waals surface area contributed by atoms with Crippen molar-refractivity contribution in [1.29, 1.82) is 0 Å². The van der Waals surface area contributed by atoms with Crippen molar-refractivity contribution in [3.05, 3.63) is 59.5 Å². The normalized spacial score (nSPS) is 19.9. The predicted octanol–water partition coefficient (Wildman–Crippen LogP) is 2.73. The lowest BCUT2D eigenvalue weighted by atomic mass is 9.99. The Hall–Kier alpha value is -1.58. The molecule has 0 saturated carbocycles. The fourth-order valence-electron chi connectivity index (χ4n) is 2.90. The summed E-state index contributed by atoms with van der Waals surface area (Å²) in [6, 6.07) is 12.8. The van der Waals surface area contributed by atoms with E-state index in [4.69, 9.17) is 10.2 Å². The molecule has 0 amide bonds. The number of rotatable bonds is 4. The number of hydrogen-bond donors (Lipinski definition) is 1. The molecule has 100 valence electrons. The van der Waals surface area contributed by atoms with Gasteiger partial charge in [0.1, 0.15) is 5.76 Å². The zero-order valence-electron chi connectivity index (χ0n) is 11.1. The Morgan fingerprint density at radius 1 is 1.21 bits per heavy atom. The molecule has 1 aromatic carbocycles. The van der Waals surface area contributed by atoms with Gasteiger partial charge in [0, 0.05) is 18.7 Å². The number of likely N-dealkylation sites (tertiary alicyclic amines) is 1. The molecule has 2 N–H and O–H groups in total. The largest absolute Gasteiger partial charge is 0.468 e. The van der Waals surface area contributed by atoms with Crippen LogP contribution in [0.15, 0.2) is 47.1 Å². The van der Waals surface area contributed by atoms with E-state index in [2.05, 4.69) is 35.2 Å². The molecular formula is C16H20N2O. The fraction of sp³-hybridized carbons (Fsp3) is 0.375. The van der Waals surface area contributed by atoms with E-state index < -0.39 is 0 Å². The van der Waals surface area contributed by atoms with Crippen LogP contribution in [-0.4, -0.2) is 18.0 Å². The summed E-state index contributed by atoms with van der Waals surface area (Å²) in [5.74, 6) is 1.58. The Kier molecular flexibility index (Phi) is 3.67. The third kappa shape index (κ3) is 2.72. The summed E-state index contributed by atoms with van der Waals surface area (Å²) in [4.78, 5) is 2.49. The highest BCUT2D eigenvalue weighted by Crippen LogP contribution is 2.28. The standard InChI is InChI=1S/C16H20N2O/c17-10-16-15(7-9-19-16)12-18-8-6-14(11-18)13-4-2-1-3-5-13/h1-5,7,9,14H,6,8,10-12,17H2. The monoisotopic (exact) mass is 256 g/mol. The molecule has 3 heteroatoms. The highest BCUT2D eigenvalue weighted by atomic mass is 16.3. The average Bonchev–Trinajstić information content (AvgIpc) is 3.09. The minimum Gasteiger partial charge on any atom is -0.468 e. The molecule has 1 fully saturated rings. The zero-order chi connectivity index (χ0) is 13.1. The van der Waals surface area contributed by atoms with Gasteiger partial charge in [0.15, 0.2) is 0 Å². The van der Waals surface area contributed by atoms with Gasteiger partial charge in [0.05, 0.1) is 12.8 Å². The van der Waals surface area contributed by atoms with Gasteiger partial charge in [-0.2, -0.15) is 0 Å². The molecule has 3 nitrogen and oxygen atoms in total. The van der Waals surface area contributed by atoms with Crippen molar-refractivity contribution in [1.82, 2.24) is 4.90 Å². The Morgan fingerprint density at radius 3 is 2.84 bits per heavy atom. The second-order valence-corrected chi connectivity index (χ2v) is 5.20. The average molecular weight is 256 g/mol. The lowest BCUT2D eigenvalue weighted by Crippen LogP contribution is -2.20. The second-order valence-electron chi connectivity index (χ2n) is 5.20. The first-order valence-electron chi connectivity index (χ1n) is 6.89. The smallest absolute Gasteiger partial charge is 0.121 e. The van der Waals surface area contributed by atoms with Crippen LogP contribution in [0.1, 0.15) is 29.2 Å². The topological polar surface area (TPSA) is 42.4 Å². The first-order valence-corrected chi connectivity index (χ1v) is 6.89. The molecule has 1 saturated heterocycles. The minimum atomic E-state index is 0.484. The molecule has 2 aromatic rings. The van der Waals surface area contributed by atoms with Crippen LogP contribution >= 0.6 is 0 Å². The Balaban J connectivity index is 1.63. The summed E-state index contributed by atoms with van der Waals surface area (Å²) in [5, 5.41) is 0. The molecule has 2 heterocycles. The van der Waals surface area contributed by atoms with Crippen LogP contribution in [0.4, 0.5) is 0 Å². The maximum absolute atomic E-state index is 5.68. The number of benzene rings is 1. The van der Waals surface area contributed by atoms with Crippen LogP contribution < -0.4 is 5.73 Å². The van der Waals surface area contributed by atoms with E-state index in [9.17, 15) is 0 Å². The van der Waals surface area contributed by atoms with Gasteiger partial charge in [-0.15, -0.1) is 0 Å². The van der Waals surface area contributed by atoms with E-state index in [1.165, 1.54) is 17.5 Å². The molecule has 0 aliphatic carbocycles.